The molecule has 0 saturated carbocycles. The van der Waals surface area contributed by atoms with Gasteiger partial charge in [-0.15, -0.1) is 11.3 Å². The Morgan fingerprint density at radius 2 is 1.62 bits per heavy atom. The lowest BCUT2D eigenvalue weighted by atomic mass is 10.0. The van der Waals surface area contributed by atoms with Gasteiger partial charge in [-0.3, -0.25) is 0 Å². The summed E-state index contributed by atoms with van der Waals surface area (Å²) >= 11 is 6.51. The Balaban J connectivity index is 2.21. The van der Waals surface area contributed by atoms with E-state index >= 15 is 0 Å². The van der Waals surface area contributed by atoms with Crippen molar-refractivity contribution in [2.24, 2.45) is 4.99 Å². The summed E-state index contributed by atoms with van der Waals surface area (Å²) in [6.07, 6.45) is 0. The molecular formula is C18H15NS2. The maximum Gasteiger partial charge on any atom is 0.0739 e. The number of fused-ring (bicyclic) bond motifs is 1. The summed E-state index contributed by atoms with van der Waals surface area (Å²) in [4.78, 5) is 5.34. The molecule has 104 valence electrons. The zero-order chi connectivity index (χ0) is 15.0. The molecule has 0 N–H and O–H groups in total. The highest BCUT2D eigenvalue weighted by Gasteiger charge is 2.13. The summed E-state index contributed by atoms with van der Waals surface area (Å²) in [5.41, 5.74) is 6.13. The number of rotatable bonds is 2. The molecule has 3 heteroatoms. The first-order chi connectivity index (χ1) is 10.1. The van der Waals surface area contributed by atoms with Gasteiger partial charge in [-0.1, -0.05) is 24.3 Å². The van der Waals surface area contributed by atoms with Crippen LogP contribution in [0.15, 0.2) is 41.4 Å². The third-order valence-corrected chi connectivity index (χ3v) is 5.35. The molecule has 0 aliphatic heterocycles. The van der Waals surface area contributed by atoms with E-state index in [-0.39, 0.29) is 0 Å². The normalized spacial score (nSPS) is 10.6. The number of hydrogen-bond donors (Lipinski definition) is 0. The molecule has 0 fully saturated rings. The first-order valence-electron chi connectivity index (χ1n) is 6.79. The third kappa shape index (κ3) is 2.44. The van der Waals surface area contributed by atoms with E-state index in [1.807, 2.05) is 23.5 Å². The van der Waals surface area contributed by atoms with Gasteiger partial charge in [0.1, 0.15) is 0 Å². The number of hydrogen-bond acceptors (Lipinski definition) is 3. The van der Waals surface area contributed by atoms with Gasteiger partial charge in [0.2, 0.25) is 0 Å². The quantitative estimate of drug-likeness (QED) is 0.404. The number of nitrogens with zero attached hydrogens (tertiary/aromatic N) is 1. The maximum absolute atomic E-state index is 4.64. The van der Waals surface area contributed by atoms with E-state index in [1.54, 1.807) is 0 Å². The highest BCUT2D eigenvalue weighted by molar-refractivity contribution is 7.78. The topological polar surface area (TPSA) is 12.4 Å². The second-order valence-electron chi connectivity index (χ2n) is 5.21. The third-order valence-electron chi connectivity index (χ3n) is 3.79. The summed E-state index contributed by atoms with van der Waals surface area (Å²) in [6.45, 7) is 6.57. The molecule has 1 nitrogen and oxygen atoms in total. The van der Waals surface area contributed by atoms with Crippen molar-refractivity contribution in [1.82, 2.24) is 0 Å². The first kappa shape index (κ1) is 14.2. The van der Waals surface area contributed by atoms with Crippen LogP contribution in [0.25, 0.3) is 20.5 Å². The monoisotopic (exact) mass is 309 g/mol. The number of aryl methyl sites for hydroxylation is 3. The minimum absolute atomic E-state index is 0.847. The van der Waals surface area contributed by atoms with Gasteiger partial charge in [0.25, 0.3) is 0 Å². The van der Waals surface area contributed by atoms with Gasteiger partial charge in [-0.2, -0.15) is 4.99 Å². The molecule has 0 amide bonds. The molecule has 21 heavy (non-hydrogen) atoms. The van der Waals surface area contributed by atoms with Crippen LogP contribution >= 0.6 is 23.6 Å². The van der Waals surface area contributed by atoms with E-state index < -0.39 is 0 Å². The Hall–Kier alpha value is -1.80. The SMILES string of the molecule is Cc1ccc(C)c2c(C)c(-c3ccc(N=C=S)cc3)sc12. The van der Waals surface area contributed by atoms with Crippen LogP contribution in [-0.2, 0) is 0 Å². The number of benzene rings is 2. The van der Waals surface area contributed by atoms with Gasteiger partial charge in [0.05, 0.1) is 10.8 Å². The molecule has 0 aliphatic carbocycles. The van der Waals surface area contributed by atoms with Crippen LogP contribution in [0.3, 0.4) is 0 Å². The second kappa shape index (κ2) is 5.53. The van der Waals surface area contributed by atoms with Crippen molar-refractivity contribution in [2.75, 3.05) is 0 Å². The Morgan fingerprint density at radius 3 is 2.24 bits per heavy atom. The van der Waals surface area contributed by atoms with Crippen LogP contribution in [-0.4, -0.2) is 5.16 Å². The molecule has 0 radical (unpaired) electrons. The first-order valence-corrected chi connectivity index (χ1v) is 8.02. The molecule has 3 rings (SSSR count). The van der Waals surface area contributed by atoms with E-state index in [9.17, 15) is 0 Å². The van der Waals surface area contributed by atoms with Crippen LogP contribution in [0, 0.1) is 20.8 Å². The van der Waals surface area contributed by atoms with Crippen molar-refractivity contribution < 1.29 is 0 Å². The van der Waals surface area contributed by atoms with Gasteiger partial charge in [-0.05, 0) is 72.8 Å². The lowest BCUT2D eigenvalue weighted by Crippen LogP contribution is -1.80. The average Bonchev–Trinajstić information content (AvgIpc) is 2.83. The van der Waals surface area contributed by atoms with Crippen molar-refractivity contribution in [3.8, 4) is 10.4 Å². The Kier molecular flexibility index (Phi) is 3.73. The summed E-state index contributed by atoms with van der Waals surface area (Å²) in [5.74, 6) is 0. The van der Waals surface area contributed by atoms with Gasteiger partial charge in [0, 0.05) is 9.58 Å². The van der Waals surface area contributed by atoms with E-state index in [2.05, 4.69) is 67.4 Å². The zero-order valence-corrected chi connectivity index (χ0v) is 13.9. The van der Waals surface area contributed by atoms with E-state index in [0.29, 0.717) is 0 Å². The summed E-state index contributed by atoms with van der Waals surface area (Å²) in [5, 5.41) is 3.80. The second-order valence-corrected chi connectivity index (χ2v) is 6.41. The molecular weight excluding hydrogens is 294 g/mol. The zero-order valence-electron chi connectivity index (χ0n) is 12.2. The van der Waals surface area contributed by atoms with Crippen LogP contribution in [0.5, 0.6) is 0 Å². The largest absolute Gasteiger partial charge is 0.195 e. The number of thiocarbonyl (C=S) groups is 1. The fourth-order valence-electron chi connectivity index (χ4n) is 2.69. The maximum atomic E-state index is 4.64. The van der Waals surface area contributed by atoms with Gasteiger partial charge >= 0.3 is 0 Å². The van der Waals surface area contributed by atoms with Gasteiger partial charge in [0.15, 0.2) is 0 Å². The highest BCUT2D eigenvalue weighted by atomic mass is 32.1. The van der Waals surface area contributed by atoms with Crippen molar-refractivity contribution in [1.29, 1.82) is 0 Å². The number of thiophene rings is 1. The van der Waals surface area contributed by atoms with Crippen molar-refractivity contribution >= 4 is 44.5 Å². The molecule has 1 aromatic heterocycles. The standard InChI is InChI=1S/C18H15NS2/c1-11-4-5-12(2)17-16(11)13(3)18(21-17)14-6-8-15(9-7-14)19-10-20/h4-9H,1-3H3. The fraction of sp³-hybridized carbons (Fsp3) is 0.167. The molecule has 1 heterocycles. The molecule has 0 aliphatic rings. The van der Waals surface area contributed by atoms with E-state index in [4.69, 9.17) is 0 Å². The van der Waals surface area contributed by atoms with Gasteiger partial charge in [-0.25, -0.2) is 0 Å². The number of aliphatic imine (C=N–C) groups is 1. The lowest BCUT2D eigenvalue weighted by Gasteiger charge is -2.02. The molecule has 0 bridgehead atoms. The van der Waals surface area contributed by atoms with E-state index in [1.165, 1.54) is 37.2 Å². The predicted molar refractivity (Wildman–Crippen MR) is 96.2 cm³/mol. The summed E-state index contributed by atoms with van der Waals surface area (Å²) in [7, 11) is 0. The van der Waals surface area contributed by atoms with Crippen molar-refractivity contribution in [2.45, 2.75) is 20.8 Å². The van der Waals surface area contributed by atoms with Crippen LogP contribution in [0.4, 0.5) is 5.69 Å². The van der Waals surface area contributed by atoms with Crippen LogP contribution in [0.2, 0.25) is 0 Å². The molecule has 3 aromatic rings. The molecule has 0 atom stereocenters. The van der Waals surface area contributed by atoms with Gasteiger partial charge < -0.3 is 0 Å². The van der Waals surface area contributed by atoms with Crippen LogP contribution in [0.1, 0.15) is 16.7 Å². The minimum Gasteiger partial charge on any atom is -0.195 e. The Bertz CT molecular complexity index is 866. The fourth-order valence-corrected chi connectivity index (χ4v) is 4.15. The molecule has 0 spiro atoms. The average molecular weight is 309 g/mol. The summed E-state index contributed by atoms with van der Waals surface area (Å²) < 4.78 is 1.39. The lowest BCUT2D eigenvalue weighted by molar-refractivity contribution is 1.45. The summed E-state index contributed by atoms with van der Waals surface area (Å²) in [6, 6.07) is 12.6. The predicted octanol–water partition coefficient (Wildman–Crippen LogP) is 6.23. The Morgan fingerprint density at radius 1 is 0.952 bits per heavy atom. The Labute approximate surface area is 134 Å². The minimum atomic E-state index is 0.847. The highest BCUT2D eigenvalue weighted by Crippen LogP contribution is 2.41. The molecule has 0 unspecified atom stereocenters. The van der Waals surface area contributed by atoms with Crippen molar-refractivity contribution in [3.63, 3.8) is 0 Å². The van der Waals surface area contributed by atoms with Crippen LogP contribution < -0.4 is 0 Å². The smallest absolute Gasteiger partial charge is 0.0739 e. The van der Waals surface area contributed by atoms with Crippen molar-refractivity contribution in [3.05, 3.63) is 53.1 Å². The number of isothiocyanates is 1. The molecule has 2 aromatic carbocycles. The molecule has 0 saturated heterocycles. The van der Waals surface area contributed by atoms with E-state index in [0.717, 1.165) is 5.69 Å².